The molecule has 6 heteroatoms. The first kappa shape index (κ1) is 21.2. The molecular weight excluding hydrogens is 414 g/mol. The van der Waals surface area contributed by atoms with Crippen molar-refractivity contribution < 1.29 is 14.3 Å². The SMILES string of the molecule is O=C(NC(Cc1ccccc1)C(=O)N1CCCN1)OCC1c2ccccc2-c2ccccc21. The Kier molecular flexibility index (Phi) is 6.09. The van der Waals surface area contributed by atoms with Crippen molar-refractivity contribution in [1.29, 1.82) is 0 Å². The summed E-state index contributed by atoms with van der Waals surface area (Å²) in [6.45, 7) is 1.61. The van der Waals surface area contributed by atoms with Crippen LogP contribution in [0.5, 0.6) is 0 Å². The van der Waals surface area contributed by atoms with Crippen molar-refractivity contribution >= 4 is 12.0 Å². The average Bonchev–Trinajstić information content (AvgIpc) is 3.50. The predicted molar refractivity (Wildman–Crippen MR) is 126 cm³/mol. The molecule has 0 spiro atoms. The third kappa shape index (κ3) is 4.47. The van der Waals surface area contributed by atoms with Gasteiger partial charge in [0.25, 0.3) is 5.91 Å². The van der Waals surface area contributed by atoms with Crippen molar-refractivity contribution in [3.05, 3.63) is 95.6 Å². The van der Waals surface area contributed by atoms with E-state index >= 15 is 0 Å². The predicted octanol–water partition coefficient (Wildman–Crippen LogP) is 3.87. The molecule has 2 amide bonds. The first-order valence-corrected chi connectivity index (χ1v) is 11.4. The van der Waals surface area contributed by atoms with Crippen LogP contribution >= 0.6 is 0 Å². The minimum atomic E-state index is -0.700. The Balaban J connectivity index is 1.28. The number of nitrogens with zero attached hydrogens (tertiary/aromatic N) is 1. The Morgan fingerprint density at radius 1 is 0.939 bits per heavy atom. The van der Waals surface area contributed by atoms with E-state index < -0.39 is 12.1 Å². The van der Waals surface area contributed by atoms with Crippen LogP contribution in [-0.4, -0.2) is 42.7 Å². The van der Waals surface area contributed by atoms with Gasteiger partial charge < -0.3 is 10.1 Å². The highest BCUT2D eigenvalue weighted by Gasteiger charge is 2.31. The van der Waals surface area contributed by atoms with Gasteiger partial charge in [-0.2, -0.15) is 0 Å². The molecule has 0 radical (unpaired) electrons. The third-order valence-corrected chi connectivity index (χ3v) is 6.34. The van der Waals surface area contributed by atoms with Crippen LogP contribution in [0.1, 0.15) is 29.0 Å². The summed E-state index contributed by atoms with van der Waals surface area (Å²) < 4.78 is 5.68. The van der Waals surface area contributed by atoms with Gasteiger partial charge in [0.15, 0.2) is 0 Å². The number of carbonyl (C=O) groups excluding carboxylic acids is 2. The fraction of sp³-hybridized carbons (Fsp3) is 0.259. The van der Waals surface area contributed by atoms with E-state index in [1.165, 1.54) is 11.1 Å². The van der Waals surface area contributed by atoms with Gasteiger partial charge in [0, 0.05) is 25.4 Å². The molecular formula is C27H27N3O3. The molecule has 3 aromatic carbocycles. The lowest BCUT2D eigenvalue weighted by molar-refractivity contribution is -0.134. The molecule has 0 saturated carbocycles. The lowest BCUT2D eigenvalue weighted by Gasteiger charge is -2.24. The Bertz CT molecular complexity index is 1100. The van der Waals surface area contributed by atoms with E-state index in [4.69, 9.17) is 4.74 Å². The number of hydrogen-bond acceptors (Lipinski definition) is 4. The van der Waals surface area contributed by atoms with Crippen LogP contribution in [0.3, 0.4) is 0 Å². The van der Waals surface area contributed by atoms with Crippen LogP contribution < -0.4 is 10.7 Å². The highest BCUT2D eigenvalue weighted by molar-refractivity contribution is 5.86. The number of hydrazine groups is 1. The first-order valence-electron chi connectivity index (χ1n) is 11.4. The first-order chi connectivity index (χ1) is 16.2. The number of fused-ring (bicyclic) bond motifs is 3. The van der Waals surface area contributed by atoms with Crippen LogP contribution in [0.4, 0.5) is 4.79 Å². The fourth-order valence-electron chi connectivity index (χ4n) is 4.74. The van der Waals surface area contributed by atoms with Gasteiger partial charge in [0.2, 0.25) is 0 Å². The number of amides is 2. The maximum absolute atomic E-state index is 13.1. The van der Waals surface area contributed by atoms with Crippen LogP contribution in [0, 0.1) is 0 Å². The summed E-state index contributed by atoms with van der Waals surface area (Å²) in [7, 11) is 0. The van der Waals surface area contributed by atoms with E-state index in [2.05, 4.69) is 35.0 Å². The summed E-state index contributed by atoms with van der Waals surface area (Å²) in [4.78, 5) is 25.9. The van der Waals surface area contributed by atoms with Crippen molar-refractivity contribution in [2.75, 3.05) is 19.7 Å². The van der Waals surface area contributed by atoms with Crippen molar-refractivity contribution in [1.82, 2.24) is 15.8 Å². The number of rotatable bonds is 6. The van der Waals surface area contributed by atoms with Crippen LogP contribution in [0.2, 0.25) is 0 Å². The zero-order valence-corrected chi connectivity index (χ0v) is 18.4. The van der Waals surface area contributed by atoms with Gasteiger partial charge in [0.05, 0.1) is 0 Å². The molecule has 0 bridgehead atoms. The van der Waals surface area contributed by atoms with Gasteiger partial charge in [-0.1, -0.05) is 78.9 Å². The number of carbonyl (C=O) groups is 2. The molecule has 6 nitrogen and oxygen atoms in total. The second-order valence-electron chi connectivity index (χ2n) is 8.46. The van der Waals surface area contributed by atoms with Crippen molar-refractivity contribution in [3.8, 4) is 11.1 Å². The van der Waals surface area contributed by atoms with E-state index in [1.807, 2.05) is 54.6 Å². The number of hydrogen-bond donors (Lipinski definition) is 2. The van der Waals surface area contributed by atoms with E-state index in [9.17, 15) is 9.59 Å². The highest BCUT2D eigenvalue weighted by atomic mass is 16.5. The zero-order valence-electron chi connectivity index (χ0n) is 18.4. The summed E-state index contributed by atoms with van der Waals surface area (Å²) in [5, 5.41) is 4.42. The molecule has 1 aliphatic heterocycles. The molecule has 1 fully saturated rings. The molecule has 2 N–H and O–H groups in total. The maximum Gasteiger partial charge on any atom is 0.407 e. The molecule has 1 heterocycles. The van der Waals surface area contributed by atoms with E-state index in [0.717, 1.165) is 29.7 Å². The molecule has 33 heavy (non-hydrogen) atoms. The molecule has 1 atom stereocenters. The monoisotopic (exact) mass is 441 g/mol. The average molecular weight is 442 g/mol. The van der Waals surface area contributed by atoms with Crippen molar-refractivity contribution in [2.45, 2.75) is 24.8 Å². The van der Waals surface area contributed by atoms with Gasteiger partial charge in [-0.05, 0) is 34.2 Å². The van der Waals surface area contributed by atoms with Crippen LogP contribution in [-0.2, 0) is 16.0 Å². The summed E-state index contributed by atoms with van der Waals surface area (Å²) in [5.74, 6) is -0.170. The topological polar surface area (TPSA) is 70.7 Å². The molecule has 5 rings (SSSR count). The Labute approximate surface area is 193 Å². The summed E-state index contributed by atoms with van der Waals surface area (Å²) in [5.41, 5.74) is 8.74. The van der Waals surface area contributed by atoms with Gasteiger partial charge >= 0.3 is 6.09 Å². The quantitative estimate of drug-likeness (QED) is 0.609. The molecule has 3 aromatic rings. The minimum absolute atomic E-state index is 0.0216. The zero-order chi connectivity index (χ0) is 22.6. The Hall–Kier alpha value is -3.64. The number of ether oxygens (including phenoxy) is 1. The standard InChI is InChI=1S/C27H27N3O3/c31-26(30-16-8-15-28-30)25(17-19-9-2-1-3-10-19)29-27(32)33-18-24-22-13-6-4-11-20(22)21-12-5-7-14-23(21)24/h1-7,9-14,24-25,28H,8,15-18H2,(H,29,32). The van der Waals surface area contributed by atoms with Gasteiger partial charge in [-0.25, -0.2) is 10.2 Å². The second-order valence-corrected chi connectivity index (χ2v) is 8.46. The van der Waals surface area contributed by atoms with Gasteiger partial charge in [-0.15, -0.1) is 0 Å². The van der Waals surface area contributed by atoms with Crippen LogP contribution in [0.25, 0.3) is 11.1 Å². The fourth-order valence-corrected chi connectivity index (χ4v) is 4.74. The Morgan fingerprint density at radius 3 is 2.21 bits per heavy atom. The van der Waals surface area contributed by atoms with Crippen molar-refractivity contribution in [2.24, 2.45) is 0 Å². The normalized spacial score (nSPS) is 15.6. The number of benzene rings is 3. The smallest absolute Gasteiger partial charge is 0.407 e. The number of nitrogens with one attached hydrogen (secondary N) is 2. The van der Waals surface area contributed by atoms with Crippen LogP contribution in [0.15, 0.2) is 78.9 Å². The number of alkyl carbamates (subject to hydrolysis) is 1. The second kappa shape index (κ2) is 9.46. The van der Waals surface area contributed by atoms with Gasteiger partial charge in [-0.3, -0.25) is 9.80 Å². The summed E-state index contributed by atoms with van der Waals surface area (Å²) >= 11 is 0. The van der Waals surface area contributed by atoms with E-state index in [1.54, 1.807) is 5.01 Å². The molecule has 2 aliphatic rings. The molecule has 0 aromatic heterocycles. The Morgan fingerprint density at radius 2 is 1.58 bits per heavy atom. The van der Waals surface area contributed by atoms with Gasteiger partial charge in [0.1, 0.15) is 12.6 Å². The lowest BCUT2D eigenvalue weighted by Crippen LogP contribution is -2.52. The minimum Gasteiger partial charge on any atom is -0.449 e. The van der Waals surface area contributed by atoms with E-state index in [-0.39, 0.29) is 18.4 Å². The molecule has 168 valence electrons. The third-order valence-electron chi connectivity index (χ3n) is 6.34. The summed E-state index contributed by atoms with van der Waals surface area (Å²) in [6.07, 6.45) is 0.724. The van der Waals surface area contributed by atoms with E-state index in [0.29, 0.717) is 13.0 Å². The van der Waals surface area contributed by atoms with Crippen molar-refractivity contribution in [3.63, 3.8) is 0 Å². The highest BCUT2D eigenvalue weighted by Crippen LogP contribution is 2.44. The molecule has 1 aliphatic carbocycles. The summed E-state index contributed by atoms with van der Waals surface area (Å²) in [6, 6.07) is 25.4. The maximum atomic E-state index is 13.1. The lowest BCUT2D eigenvalue weighted by atomic mass is 9.98. The molecule has 1 unspecified atom stereocenters. The largest absolute Gasteiger partial charge is 0.449 e. The molecule has 1 saturated heterocycles.